The number of likely N-dealkylation sites (tertiary alicyclic amines) is 1. The summed E-state index contributed by atoms with van der Waals surface area (Å²) in [6, 6.07) is 7.61. The highest BCUT2D eigenvalue weighted by molar-refractivity contribution is 5.83. The van der Waals surface area contributed by atoms with Gasteiger partial charge in [0.2, 0.25) is 11.8 Å². The fourth-order valence-corrected chi connectivity index (χ4v) is 3.05. The zero-order valence-electron chi connectivity index (χ0n) is 15.0. The molecule has 1 atom stereocenters. The first-order chi connectivity index (χ1) is 12.5. The number of nitrogens with zero attached hydrogens (tertiary/aromatic N) is 3. The molecule has 0 bridgehead atoms. The quantitative estimate of drug-likeness (QED) is 0.808. The molecule has 8 nitrogen and oxygen atoms in total. The van der Waals surface area contributed by atoms with Gasteiger partial charge in [0.15, 0.2) is 5.82 Å². The number of benzene rings is 1. The van der Waals surface area contributed by atoms with Crippen LogP contribution < -0.4 is 10.1 Å². The van der Waals surface area contributed by atoms with Gasteiger partial charge < -0.3 is 15.0 Å². The highest BCUT2D eigenvalue weighted by Gasteiger charge is 2.30. The van der Waals surface area contributed by atoms with Crippen molar-refractivity contribution >= 4 is 11.8 Å². The number of rotatable bonds is 6. The fourth-order valence-electron chi connectivity index (χ4n) is 3.05. The molecule has 0 spiro atoms. The molecule has 0 saturated carbocycles. The van der Waals surface area contributed by atoms with Crippen LogP contribution in [0.1, 0.15) is 30.1 Å². The molecule has 2 heterocycles. The number of hydrogen-bond acceptors (Lipinski definition) is 5. The number of carbonyl (C=O) groups is 2. The lowest BCUT2D eigenvalue weighted by Gasteiger charge is -2.32. The first kappa shape index (κ1) is 17.9. The van der Waals surface area contributed by atoms with Gasteiger partial charge in [-0.1, -0.05) is 12.1 Å². The van der Waals surface area contributed by atoms with Crippen LogP contribution in [-0.4, -0.2) is 45.6 Å². The van der Waals surface area contributed by atoms with Gasteiger partial charge in [-0.25, -0.2) is 4.98 Å². The van der Waals surface area contributed by atoms with Gasteiger partial charge in [0.25, 0.3) is 0 Å². The van der Waals surface area contributed by atoms with Crippen LogP contribution in [0.5, 0.6) is 5.75 Å². The minimum atomic E-state index is -0.224. The Bertz CT molecular complexity index is 789. The van der Waals surface area contributed by atoms with Crippen LogP contribution in [0.2, 0.25) is 0 Å². The third-order valence-electron chi connectivity index (χ3n) is 4.44. The lowest BCUT2D eigenvalue weighted by atomic mass is 9.96. The highest BCUT2D eigenvalue weighted by Crippen LogP contribution is 2.21. The zero-order valence-corrected chi connectivity index (χ0v) is 15.0. The minimum absolute atomic E-state index is 0.0708. The minimum Gasteiger partial charge on any atom is -0.497 e. The van der Waals surface area contributed by atoms with E-state index in [0.717, 1.165) is 11.3 Å². The van der Waals surface area contributed by atoms with Crippen molar-refractivity contribution < 1.29 is 14.3 Å². The van der Waals surface area contributed by atoms with Crippen LogP contribution in [0.15, 0.2) is 24.3 Å². The smallest absolute Gasteiger partial charge is 0.225 e. The summed E-state index contributed by atoms with van der Waals surface area (Å²) in [5.41, 5.74) is 0.981. The molecule has 8 heteroatoms. The molecule has 2 N–H and O–H groups in total. The molecule has 1 aliphatic heterocycles. The zero-order chi connectivity index (χ0) is 18.5. The average Bonchev–Trinajstić information content (AvgIpc) is 3.07. The highest BCUT2D eigenvalue weighted by atomic mass is 16.5. The summed E-state index contributed by atoms with van der Waals surface area (Å²) < 4.78 is 5.22. The van der Waals surface area contributed by atoms with Gasteiger partial charge in [0, 0.05) is 19.5 Å². The third kappa shape index (κ3) is 4.38. The standard InChI is InChI=1S/C18H23N5O3/c1-12-20-16(22-21-12)9-19-18(25)14-6-7-17(24)23(11-14)10-13-4-3-5-15(8-13)26-2/h3-5,8,14H,6-7,9-11H2,1-2H3,(H,19,25)(H,20,21,22). The van der Waals surface area contributed by atoms with Crippen LogP contribution >= 0.6 is 0 Å². The van der Waals surface area contributed by atoms with Gasteiger partial charge in [-0.15, -0.1) is 0 Å². The van der Waals surface area contributed by atoms with E-state index in [9.17, 15) is 9.59 Å². The predicted molar refractivity (Wildman–Crippen MR) is 94.1 cm³/mol. The van der Waals surface area contributed by atoms with Gasteiger partial charge in [-0.05, 0) is 31.0 Å². The normalized spacial score (nSPS) is 17.2. The second kappa shape index (κ2) is 7.99. The van der Waals surface area contributed by atoms with Gasteiger partial charge in [-0.3, -0.25) is 14.7 Å². The van der Waals surface area contributed by atoms with Crippen LogP contribution in [-0.2, 0) is 22.7 Å². The number of carbonyl (C=O) groups excluding carboxylic acids is 2. The molecule has 1 aromatic heterocycles. The number of hydrogen-bond donors (Lipinski definition) is 2. The Balaban J connectivity index is 1.58. The number of aryl methyl sites for hydroxylation is 1. The summed E-state index contributed by atoms with van der Waals surface area (Å²) in [6.45, 7) is 2.97. The fraction of sp³-hybridized carbons (Fsp3) is 0.444. The van der Waals surface area contributed by atoms with Crippen molar-refractivity contribution in [2.24, 2.45) is 5.92 Å². The molecule has 2 aromatic rings. The maximum Gasteiger partial charge on any atom is 0.225 e. The number of ether oxygens (including phenoxy) is 1. The summed E-state index contributed by atoms with van der Waals surface area (Å²) in [7, 11) is 1.61. The van der Waals surface area contributed by atoms with Gasteiger partial charge >= 0.3 is 0 Å². The van der Waals surface area contributed by atoms with Crippen molar-refractivity contribution in [3.8, 4) is 5.75 Å². The van der Waals surface area contributed by atoms with Crippen molar-refractivity contribution in [2.45, 2.75) is 32.9 Å². The molecule has 1 aromatic carbocycles. The monoisotopic (exact) mass is 357 g/mol. The first-order valence-electron chi connectivity index (χ1n) is 8.61. The molecule has 138 valence electrons. The van der Waals surface area contributed by atoms with Crippen LogP contribution in [0, 0.1) is 12.8 Å². The van der Waals surface area contributed by atoms with Crippen molar-refractivity contribution in [1.82, 2.24) is 25.4 Å². The number of methoxy groups -OCH3 is 1. The molecule has 2 amide bonds. The van der Waals surface area contributed by atoms with E-state index >= 15 is 0 Å². The van der Waals surface area contributed by atoms with Gasteiger partial charge in [-0.2, -0.15) is 5.10 Å². The number of piperidine rings is 1. The Kier molecular flexibility index (Phi) is 5.50. The molecule has 3 rings (SSSR count). The third-order valence-corrected chi connectivity index (χ3v) is 4.44. The Morgan fingerprint density at radius 3 is 3.04 bits per heavy atom. The molecule has 26 heavy (non-hydrogen) atoms. The number of amides is 2. The molecule has 1 unspecified atom stereocenters. The number of aromatic nitrogens is 3. The van der Waals surface area contributed by atoms with Crippen LogP contribution in [0.25, 0.3) is 0 Å². The van der Waals surface area contributed by atoms with E-state index < -0.39 is 0 Å². The Labute approximate surface area is 151 Å². The van der Waals surface area contributed by atoms with Crippen LogP contribution in [0.3, 0.4) is 0 Å². The lowest BCUT2D eigenvalue weighted by Crippen LogP contribution is -2.45. The van der Waals surface area contributed by atoms with E-state index in [1.54, 1.807) is 12.0 Å². The van der Waals surface area contributed by atoms with Crippen molar-refractivity contribution in [1.29, 1.82) is 0 Å². The van der Waals surface area contributed by atoms with Crippen molar-refractivity contribution in [2.75, 3.05) is 13.7 Å². The summed E-state index contributed by atoms with van der Waals surface area (Å²) in [5, 5.41) is 9.61. The molecule has 0 aliphatic carbocycles. The largest absolute Gasteiger partial charge is 0.497 e. The Hall–Kier alpha value is -2.90. The molecule has 0 radical (unpaired) electrons. The molecular weight excluding hydrogens is 334 g/mol. The average molecular weight is 357 g/mol. The molecule has 1 saturated heterocycles. The number of aromatic amines is 1. The molecule has 1 fully saturated rings. The Morgan fingerprint density at radius 2 is 2.31 bits per heavy atom. The predicted octanol–water partition coefficient (Wildman–Crippen LogP) is 1.18. The number of nitrogens with one attached hydrogen (secondary N) is 2. The topological polar surface area (TPSA) is 100 Å². The maximum absolute atomic E-state index is 12.4. The van der Waals surface area contributed by atoms with E-state index in [4.69, 9.17) is 4.74 Å². The first-order valence-corrected chi connectivity index (χ1v) is 8.61. The lowest BCUT2D eigenvalue weighted by molar-refractivity contribution is -0.139. The second-order valence-corrected chi connectivity index (χ2v) is 6.42. The summed E-state index contributed by atoms with van der Waals surface area (Å²) >= 11 is 0. The summed E-state index contributed by atoms with van der Waals surface area (Å²) in [6.07, 6.45) is 0.939. The summed E-state index contributed by atoms with van der Waals surface area (Å²) in [5.74, 6) is 1.79. The number of H-pyrrole nitrogens is 1. The van der Waals surface area contributed by atoms with E-state index in [2.05, 4.69) is 20.5 Å². The second-order valence-electron chi connectivity index (χ2n) is 6.42. The SMILES string of the molecule is COc1cccc(CN2CC(C(=O)NCc3n[nH]c(C)n3)CCC2=O)c1. The van der Waals surface area contributed by atoms with E-state index in [0.29, 0.717) is 37.6 Å². The van der Waals surface area contributed by atoms with Crippen molar-refractivity contribution in [3.05, 3.63) is 41.5 Å². The van der Waals surface area contributed by atoms with Gasteiger partial charge in [0.05, 0.1) is 19.6 Å². The van der Waals surface area contributed by atoms with E-state index in [1.165, 1.54) is 0 Å². The van der Waals surface area contributed by atoms with E-state index in [-0.39, 0.29) is 24.3 Å². The van der Waals surface area contributed by atoms with E-state index in [1.807, 2.05) is 31.2 Å². The van der Waals surface area contributed by atoms with Gasteiger partial charge in [0.1, 0.15) is 11.6 Å². The van der Waals surface area contributed by atoms with Crippen LogP contribution in [0.4, 0.5) is 0 Å². The van der Waals surface area contributed by atoms with Crippen molar-refractivity contribution in [3.63, 3.8) is 0 Å². The maximum atomic E-state index is 12.4. The Morgan fingerprint density at radius 1 is 1.46 bits per heavy atom. The summed E-state index contributed by atoms with van der Waals surface area (Å²) in [4.78, 5) is 30.6. The molecular formula is C18H23N5O3. The molecule has 1 aliphatic rings.